The molecule has 0 saturated heterocycles. The lowest BCUT2D eigenvalue weighted by Crippen LogP contribution is -2.38. The van der Waals surface area contributed by atoms with Crippen LogP contribution in [0.3, 0.4) is 0 Å². The van der Waals surface area contributed by atoms with Crippen LogP contribution in [0.1, 0.15) is 58.7 Å². The Morgan fingerprint density at radius 2 is 1.96 bits per heavy atom. The van der Waals surface area contributed by atoms with Gasteiger partial charge in [-0.05, 0) is 63.1 Å². The first-order chi connectivity index (χ1) is 13.0. The Hall–Kier alpha value is -2.37. The van der Waals surface area contributed by atoms with Crippen LogP contribution in [0.4, 0.5) is 0 Å². The highest BCUT2D eigenvalue weighted by molar-refractivity contribution is 6.01. The second-order valence-corrected chi connectivity index (χ2v) is 7.10. The summed E-state index contributed by atoms with van der Waals surface area (Å²) in [4.78, 5) is 24.6. The van der Waals surface area contributed by atoms with Crippen molar-refractivity contribution in [3.63, 3.8) is 0 Å². The second kappa shape index (κ2) is 9.71. The van der Waals surface area contributed by atoms with E-state index < -0.39 is 0 Å². The van der Waals surface area contributed by atoms with Gasteiger partial charge in [0.15, 0.2) is 5.78 Å². The minimum Gasteiger partial charge on any atom is -0.490 e. The Balaban J connectivity index is 0.00000280. The fourth-order valence-electron chi connectivity index (χ4n) is 3.37. The van der Waals surface area contributed by atoms with Gasteiger partial charge in [0.25, 0.3) is 5.91 Å². The van der Waals surface area contributed by atoms with Crippen molar-refractivity contribution in [1.82, 2.24) is 10.6 Å². The Kier molecular flexibility index (Phi) is 7.61. The number of ether oxygens (including phenoxy) is 1. The highest BCUT2D eigenvalue weighted by atomic mass is 35.5. The predicted molar refractivity (Wildman–Crippen MR) is 113 cm³/mol. The SMILES string of the molecule is CC(=O)c1cc(C(=O)NCC2NCCc3ccccc32)ccc1OC(C)C.Cl. The lowest BCUT2D eigenvalue weighted by molar-refractivity contribution is 0.0949. The molecule has 3 rings (SSSR count). The van der Waals surface area contributed by atoms with Crippen LogP contribution in [0.5, 0.6) is 5.75 Å². The summed E-state index contributed by atoms with van der Waals surface area (Å²) < 4.78 is 5.67. The van der Waals surface area contributed by atoms with E-state index in [1.165, 1.54) is 18.1 Å². The lowest BCUT2D eigenvalue weighted by Gasteiger charge is -2.27. The van der Waals surface area contributed by atoms with Gasteiger partial charge in [0.2, 0.25) is 0 Å². The highest BCUT2D eigenvalue weighted by Gasteiger charge is 2.20. The molecule has 0 aromatic heterocycles. The van der Waals surface area contributed by atoms with Gasteiger partial charge in [-0.3, -0.25) is 9.59 Å². The fourth-order valence-corrected chi connectivity index (χ4v) is 3.37. The summed E-state index contributed by atoms with van der Waals surface area (Å²) in [6.07, 6.45) is 0.958. The molecule has 1 atom stereocenters. The normalized spacial score (nSPS) is 15.4. The molecule has 0 aliphatic carbocycles. The third kappa shape index (κ3) is 5.12. The Morgan fingerprint density at radius 1 is 1.21 bits per heavy atom. The van der Waals surface area contributed by atoms with Crippen molar-refractivity contribution >= 4 is 24.1 Å². The number of carbonyl (C=O) groups is 2. The number of ketones is 1. The van der Waals surface area contributed by atoms with Crippen molar-refractivity contribution in [1.29, 1.82) is 0 Å². The number of hydrogen-bond acceptors (Lipinski definition) is 4. The number of amides is 1. The maximum Gasteiger partial charge on any atom is 0.251 e. The molecule has 2 N–H and O–H groups in total. The number of benzene rings is 2. The van der Waals surface area contributed by atoms with Gasteiger partial charge < -0.3 is 15.4 Å². The summed E-state index contributed by atoms with van der Waals surface area (Å²) in [6, 6.07) is 13.4. The molecule has 0 saturated carbocycles. The van der Waals surface area contributed by atoms with Gasteiger partial charge in [-0.15, -0.1) is 12.4 Å². The lowest BCUT2D eigenvalue weighted by atomic mass is 9.94. The molecule has 1 heterocycles. The van der Waals surface area contributed by atoms with E-state index in [-0.39, 0.29) is 36.2 Å². The number of nitrogens with one attached hydrogen (secondary N) is 2. The number of Topliss-reactive ketones (excluding diaryl/α,β-unsaturated/α-hetero) is 1. The van der Waals surface area contributed by atoms with Crippen LogP contribution >= 0.6 is 12.4 Å². The van der Waals surface area contributed by atoms with Gasteiger partial charge in [0, 0.05) is 18.2 Å². The van der Waals surface area contributed by atoms with Crippen LogP contribution in [0.25, 0.3) is 0 Å². The summed E-state index contributed by atoms with van der Waals surface area (Å²) in [7, 11) is 0. The monoisotopic (exact) mass is 402 g/mol. The van der Waals surface area contributed by atoms with E-state index in [0.29, 0.717) is 23.4 Å². The van der Waals surface area contributed by atoms with E-state index in [1.54, 1.807) is 18.2 Å². The van der Waals surface area contributed by atoms with E-state index in [2.05, 4.69) is 22.8 Å². The minimum absolute atomic E-state index is 0. The zero-order valence-corrected chi connectivity index (χ0v) is 17.3. The molecule has 0 radical (unpaired) electrons. The average molecular weight is 403 g/mol. The predicted octanol–water partition coefficient (Wildman–Crippen LogP) is 3.72. The molecule has 0 spiro atoms. The zero-order chi connectivity index (χ0) is 19.4. The number of halogens is 1. The largest absolute Gasteiger partial charge is 0.490 e. The third-order valence-corrected chi connectivity index (χ3v) is 4.67. The van der Waals surface area contributed by atoms with E-state index in [0.717, 1.165) is 13.0 Å². The smallest absolute Gasteiger partial charge is 0.251 e. The van der Waals surface area contributed by atoms with Crippen molar-refractivity contribution < 1.29 is 14.3 Å². The molecule has 2 aromatic rings. The van der Waals surface area contributed by atoms with Crippen LogP contribution in [-0.2, 0) is 6.42 Å². The van der Waals surface area contributed by atoms with Crippen LogP contribution < -0.4 is 15.4 Å². The molecule has 150 valence electrons. The van der Waals surface area contributed by atoms with E-state index in [4.69, 9.17) is 4.74 Å². The van der Waals surface area contributed by atoms with Crippen LogP contribution in [0.2, 0.25) is 0 Å². The Morgan fingerprint density at radius 3 is 2.68 bits per heavy atom. The van der Waals surface area contributed by atoms with Gasteiger partial charge in [-0.2, -0.15) is 0 Å². The maximum atomic E-state index is 12.6. The minimum atomic E-state index is -0.196. The van der Waals surface area contributed by atoms with Gasteiger partial charge >= 0.3 is 0 Å². The van der Waals surface area contributed by atoms with Crippen LogP contribution in [-0.4, -0.2) is 30.9 Å². The molecule has 6 heteroatoms. The van der Waals surface area contributed by atoms with Crippen LogP contribution in [0.15, 0.2) is 42.5 Å². The summed E-state index contributed by atoms with van der Waals surface area (Å²) >= 11 is 0. The molecule has 1 unspecified atom stereocenters. The second-order valence-electron chi connectivity index (χ2n) is 7.10. The van der Waals surface area contributed by atoms with E-state index in [1.807, 2.05) is 26.0 Å². The quantitative estimate of drug-likeness (QED) is 0.723. The zero-order valence-electron chi connectivity index (χ0n) is 16.5. The maximum absolute atomic E-state index is 12.6. The molecule has 0 bridgehead atoms. The standard InChI is InChI=1S/C22H26N2O3.ClH/c1-14(2)27-21-9-8-17(12-19(21)15(3)25)22(26)24-13-20-18-7-5-4-6-16(18)10-11-23-20;/h4-9,12,14,20,23H,10-11,13H2,1-3H3,(H,24,26);1H. The molecular formula is C22H27ClN2O3. The van der Waals surface area contributed by atoms with E-state index in [9.17, 15) is 9.59 Å². The van der Waals surface area contributed by atoms with Gasteiger partial charge in [0.1, 0.15) is 5.75 Å². The van der Waals surface area contributed by atoms with E-state index >= 15 is 0 Å². The molecular weight excluding hydrogens is 376 g/mol. The first-order valence-electron chi connectivity index (χ1n) is 9.36. The molecule has 5 nitrogen and oxygen atoms in total. The Labute approximate surface area is 172 Å². The summed E-state index contributed by atoms with van der Waals surface area (Å²) in [5, 5.41) is 6.44. The highest BCUT2D eigenvalue weighted by Crippen LogP contribution is 2.24. The molecule has 2 aromatic carbocycles. The van der Waals surface area contributed by atoms with Crippen molar-refractivity contribution in [2.24, 2.45) is 0 Å². The number of hydrogen-bond donors (Lipinski definition) is 2. The summed E-state index contributed by atoms with van der Waals surface area (Å²) in [6.45, 7) is 6.68. The topological polar surface area (TPSA) is 67.4 Å². The fraction of sp³-hybridized carbons (Fsp3) is 0.364. The first-order valence-corrected chi connectivity index (χ1v) is 9.36. The molecule has 1 aliphatic heterocycles. The van der Waals surface area contributed by atoms with Crippen molar-refractivity contribution in [2.45, 2.75) is 39.3 Å². The van der Waals surface area contributed by atoms with Crippen molar-refractivity contribution in [3.05, 3.63) is 64.7 Å². The number of rotatable bonds is 6. The van der Waals surface area contributed by atoms with Gasteiger partial charge in [-0.1, -0.05) is 24.3 Å². The molecule has 1 amide bonds. The van der Waals surface area contributed by atoms with Crippen LogP contribution in [0, 0.1) is 0 Å². The molecule has 0 fully saturated rings. The van der Waals surface area contributed by atoms with Crippen molar-refractivity contribution in [2.75, 3.05) is 13.1 Å². The summed E-state index contributed by atoms with van der Waals surface area (Å²) in [5.74, 6) is 0.193. The average Bonchev–Trinajstić information content (AvgIpc) is 2.65. The Bertz CT molecular complexity index is 851. The summed E-state index contributed by atoms with van der Waals surface area (Å²) in [5.41, 5.74) is 3.44. The number of fused-ring (bicyclic) bond motifs is 1. The third-order valence-electron chi connectivity index (χ3n) is 4.67. The first kappa shape index (κ1) is 21.9. The van der Waals surface area contributed by atoms with Gasteiger partial charge in [0.05, 0.1) is 11.7 Å². The molecule has 28 heavy (non-hydrogen) atoms. The van der Waals surface area contributed by atoms with Crippen molar-refractivity contribution in [3.8, 4) is 5.75 Å². The van der Waals surface area contributed by atoms with Gasteiger partial charge in [-0.25, -0.2) is 0 Å². The molecule has 1 aliphatic rings. The number of carbonyl (C=O) groups excluding carboxylic acids is 2.